The molecule has 1 heterocycles. The van der Waals surface area contributed by atoms with Gasteiger partial charge >= 0.3 is 6.09 Å². The van der Waals surface area contributed by atoms with Crippen LogP contribution in [-0.4, -0.2) is 49.9 Å². The lowest BCUT2D eigenvalue weighted by atomic mass is 9.88. The topological polar surface area (TPSA) is 62.8 Å². The molecule has 0 unspecified atom stereocenters. The van der Waals surface area contributed by atoms with Crippen molar-refractivity contribution in [1.29, 1.82) is 0 Å². The first kappa shape index (κ1) is 21.6. The molecule has 1 amide bonds. The largest absolute Gasteiger partial charge is 0.496 e. The number of piperidine rings is 1. The number of likely N-dealkylation sites (tertiary alicyclic amines) is 1. The van der Waals surface area contributed by atoms with E-state index in [9.17, 15) is 4.79 Å². The van der Waals surface area contributed by atoms with E-state index in [-0.39, 0.29) is 6.09 Å². The van der Waals surface area contributed by atoms with E-state index in [2.05, 4.69) is 22.8 Å². The number of nitrogens with one attached hydrogen (secondary N) is 2. The number of carbonyl (C=O) groups excluding carboxylic acids is 1. The highest BCUT2D eigenvalue weighted by Gasteiger charge is 2.29. The normalized spacial score (nSPS) is 18.6. The molecule has 1 aromatic rings. The van der Waals surface area contributed by atoms with Crippen molar-refractivity contribution in [2.24, 2.45) is 0 Å². The number of ether oxygens (including phenoxy) is 2. The van der Waals surface area contributed by atoms with Crippen LogP contribution in [0.1, 0.15) is 70.8 Å². The summed E-state index contributed by atoms with van der Waals surface area (Å²) < 4.78 is 11.3. The van der Waals surface area contributed by atoms with Crippen molar-refractivity contribution in [3.05, 3.63) is 17.7 Å². The molecule has 2 fully saturated rings. The van der Waals surface area contributed by atoms with Crippen molar-refractivity contribution in [2.75, 3.05) is 37.9 Å². The van der Waals surface area contributed by atoms with Crippen LogP contribution in [0.5, 0.6) is 5.75 Å². The van der Waals surface area contributed by atoms with Gasteiger partial charge in [0.1, 0.15) is 11.4 Å². The number of anilines is 2. The van der Waals surface area contributed by atoms with Crippen LogP contribution in [0.25, 0.3) is 0 Å². The number of nitrogens with zero attached hydrogens (tertiary/aromatic N) is 1. The van der Waals surface area contributed by atoms with Gasteiger partial charge in [0.25, 0.3) is 0 Å². The molecule has 0 atom stereocenters. The second-order valence-corrected chi connectivity index (χ2v) is 9.26. The predicted molar refractivity (Wildman–Crippen MR) is 118 cm³/mol. The van der Waals surface area contributed by atoms with Gasteiger partial charge in [-0.05, 0) is 64.0 Å². The van der Waals surface area contributed by atoms with E-state index in [0.29, 0.717) is 25.0 Å². The molecule has 6 nitrogen and oxygen atoms in total. The minimum atomic E-state index is -0.457. The van der Waals surface area contributed by atoms with Gasteiger partial charge in [0.15, 0.2) is 0 Å². The zero-order chi connectivity index (χ0) is 21.0. The molecule has 0 aromatic heterocycles. The summed E-state index contributed by atoms with van der Waals surface area (Å²) in [5.41, 5.74) is 3.00. The monoisotopic (exact) mass is 403 g/mol. The number of methoxy groups -OCH3 is 1. The summed E-state index contributed by atoms with van der Waals surface area (Å²) in [5, 5.41) is 7.05. The van der Waals surface area contributed by atoms with Crippen molar-refractivity contribution in [3.8, 4) is 5.75 Å². The summed E-state index contributed by atoms with van der Waals surface area (Å²) in [4.78, 5) is 14.2. The Morgan fingerprint density at radius 3 is 2.28 bits per heavy atom. The fraction of sp³-hybridized carbons (Fsp3) is 0.696. The average Bonchev–Trinajstić information content (AvgIpc) is 3.19. The maximum atomic E-state index is 12.4. The van der Waals surface area contributed by atoms with Crippen molar-refractivity contribution in [2.45, 2.75) is 76.9 Å². The van der Waals surface area contributed by atoms with Crippen LogP contribution in [0, 0.1) is 0 Å². The molecule has 162 valence electrons. The molecule has 2 aliphatic rings. The lowest BCUT2D eigenvalue weighted by Gasteiger charge is -2.34. The first-order valence-corrected chi connectivity index (χ1v) is 10.9. The highest BCUT2D eigenvalue weighted by atomic mass is 16.6. The molecule has 1 aliphatic heterocycles. The van der Waals surface area contributed by atoms with E-state index in [0.717, 1.165) is 30.0 Å². The molecular weight excluding hydrogens is 366 g/mol. The summed E-state index contributed by atoms with van der Waals surface area (Å²) in [6, 6.07) is 4.92. The standard InChI is InChI=1S/C23H37N3O3/c1-23(2,3)29-22(27)26-12-10-16(11-13-26)18-14-20(25-17-8-6-7-9-17)19(24-4)15-21(18)28-5/h14-17,24-25H,6-13H2,1-5H3. The third-order valence-electron chi connectivity index (χ3n) is 5.94. The molecule has 0 bridgehead atoms. The number of carbonyl (C=O) groups is 1. The smallest absolute Gasteiger partial charge is 0.410 e. The predicted octanol–water partition coefficient (Wildman–Crippen LogP) is 5.21. The van der Waals surface area contributed by atoms with Gasteiger partial charge in [-0.2, -0.15) is 0 Å². The lowest BCUT2D eigenvalue weighted by Crippen LogP contribution is -2.41. The molecule has 6 heteroatoms. The Morgan fingerprint density at radius 2 is 1.72 bits per heavy atom. The Labute approximate surface area is 175 Å². The zero-order valence-electron chi connectivity index (χ0n) is 18.6. The third kappa shape index (κ3) is 5.49. The van der Waals surface area contributed by atoms with Crippen molar-refractivity contribution in [3.63, 3.8) is 0 Å². The highest BCUT2D eigenvalue weighted by molar-refractivity contribution is 5.73. The number of hydrogen-bond acceptors (Lipinski definition) is 5. The van der Waals surface area contributed by atoms with E-state index in [1.807, 2.05) is 32.7 Å². The van der Waals surface area contributed by atoms with Gasteiger partial charge in [0.2, 0.25) is 0 Å². The molecule has 1 saturated carbocycles. The van der Waals surface area contributed by atoms with Crippen LogP contribution >= 0.6 is 0 Å². The summed E-state index contributed by atoms with van der Waals surface area (Å²) in [6.45, 7) is 7.14. The van der Waals surface area contributed by atoms with Crippen LogP contribution in [0.2, 0.25) is 0 Å². The molecule has 1 aliphatic carbocycles. The van der Waals surface area contributed by atoms with Gasteiger partial charge in [-0.1, -0.05) is 12.8 Å². The van der Waals surface area contributed by atoms with Gasteiger partial charge in [0, 0.05) is 32.2 Å². The van der Waals surface area contributed by atoms with Crippen LogP contribution < -0.4 is 15.4 Å². The van der Waals surface area contributed by atoms with E-state index in [1.54, 1.807) is 7.11 Å². The molecule has 2 N–H and O–H groups in total. The average molecular weight is 404 g/mol. The van der Waals surface area contributed by atoms with Crippen molar-refractivity contribution >= 4 is 17.5 Å². The molecule has 3 rings (SSSR count). The van der Waals surface area contributed by atoms with E-state index in [1.165, 1.54) is 31.2 Å². The van der Waals surface area contributed by atoms with Crippen molar-refractivity contribution < 1.29 is 14.3 Å². The maximum absolute atomic E-state index is 12.4. The van der Waals surface area contributed by atoms with Crippen LogP contribution in [0.15, 0.2) is 12.1 Å². The van der Waals surface area contributed by atoms with Crippen molar-refractivity contribution in [1.82, 2.24) is 4.90 Å². The van der Waals surface area contributed by atoms with Gasteiger partial charge in [-0.3, -0.25) is 0 Å². The van der Waals surface area contributed by atoms with E-state index >= 15 is 0 Å². The fourth-order valence-electron chi connectivity index (χ4n) is 4.41. The summed E-state index contributed by atoms with van der Waals surface area (Å²) >= 11 is 0. The third-order valence-corrected chi connectivity index (χ3v) is 5.94. The van der Waals surface area contributed by atoms with Gasteiger partial charge in [0.05, 0.1) is 18.5 Å². The van der Waals surface area contributed by atoms with E-state index in [4.69, 9.17) is 9.47 Å². The Bertz CT molecular complexity index is 700. The van der Waals surface area contributed by atoms with Crippen LogP contribution in [0.3, 0.4) is 0 Å². The number of benzene rings is 1. The van der Waals surface area contributed by atoms with Gasteiger partial charge < -0.3 is 25.0 Å². The lowest BCUT2D eigenvalue weighted by molar-refractivity contribution is 0.0204. The summed E-state index contributed by atoms with van der Waals surface area (Å²) in [7, 11) is 3.69. The minimum Gasteiger partial charge on any atom is -0.496 e. The summed E-state index contributed by atoms with van der Waals surface area (Å²) in [5.74, 6) is 1.29. The highest BCUT2D eigenvalue weighted by Crippen LogP contribution is 2.40. The molecular formula is C23H37N3O3. The SMILES string of the molecule is CNc1cc(OC)c(C2CCN(C(=O)OC(C)(C)C)CC2)cc1NC1CCCC1. The summed E-state index contributed by atoms with van der Waals surface area (Å²) in [6.07, 6.45) is 6.70. The second-order valence-electron chi connectivity index (χ2n) is 9.26. The maximum Gasteiger partial charge on any atom is 0.410 e. The van der Waals surface area contributed by atoms with Crippen LogP contribution in [0.4, 0.5) is 16.2 Å². The zero-order valence-corrected chi connectivity index (χ0v) is 18.6. The number of rotatable bonds is 5. The quantitative estimate of drug-likeness (QED) is 0.707. The van der Waals surface area contributed by atoms with Gasteiger partial charge in [-0.25, -0.2) is 4.79 Å². The molecule has 29 heavy (non-hydrogen) atoms. The molecule has 0 spiro atoms. The number of amides is 1. The number of hydrogen-bond donors (Lipinski definition) is 2. The Morgan fingerprint density at radius 1 is 1.07 bits per heavy atom. The fourth-order valence-corrected chi connectivity index (χ4v) is 4.41. The Balaban J connectivity index is 1.73. The molecule has 1 aromatic carbocycles. The Kier molecular flexibility index (Phi) is 6.81. The second kappa shape index (κ2) is 9.14. The van der Waals surface area contributed by atoms with Crippen LogP contribution in [-0.2, 0) is 4.74 Å². The molecule has 1 saturated heterocycles. The van der Waals surface area contributed by atoms with E-state index < -0.39 is 5.60 Å². The minimum absolute atomic E-state index is 0.211. The Hall–Kier alpha value is -2.11. The van der Waals surface area contributed by atoms with Gasteiger partial charge in [-0.15, -0.1) is 0 Å². The molecule has 0 radical (unpaired) electrons. The first-order chi connectivity index (χ1) is 13.8. The first-order valence-electron chi connectivity index (χ1n) is 10.9.